The van der Waals surface area contributed by atoms with Crippen LogP contribution in [0.1, 0.15) is 39.8 Å². The number of nitrogens with zero attached hydrogens (tertiary/aromatic N) is 2. The van der Waals surface area contributed by atoms with Crippen LogP contribution in [0, 0.1) is 6.92 Å². The Morgan fingerprint density at radius 2 is 2.17 bits per heavy atom. The zero-order valence-corrected chi connectivity index (χ0v) is 14.4. The molecule has 4 nitrogen and oxygen atoms in total. The molecule has 0 aliphatic heterocycles. The molecule has 0 radical (unpaired) electrons. The van der Waals surface area contributed by atoms with E-state index in [2.05, 4.69) is 10.3 Å². The predicted octanol–water partition coefficient (Wildman–Crippen LogP) is 3.95. The highest BCUT2D eigenvalue weighted by Crippen LogP contribution is 2.35. The molecule has 0 spiro atoms. The van der Waals surface area contributed by atoms with E-state index >= 15 is 0 Å². The highest BCUT2D eigenvalue weighted by atomic mass is 35.5. The molecule has 0 fully saturated rings. The number of carbonyl (C=O) groups is 1. The summed E-state index contributed by atoms with van der Waals surface area (Å²) in [6.45, 7) is 1.96. The van der Waals surface area contributed by atoms with E-state index in [1.165, 1.54) is 0 Å². The quantitative estimate of drug-likeness (QED) is 0.768. The van der Waals surface area contributed by atoms with Gasteiger partial charge in [-0.2, -0.15) is 0 Å². The summed E-state index contributed by atoms with van der Waals surface area (Å²) in [5, 5.41) is 3.92. The van der Waals surface area contributed by atoms with Gasteiger partial charge in [0.1, 0.15) is 5.82 Å². The smallest absolute Gasteiger partial charge is 0.251 e. The highest BCUT2D eigenvalue weighted by Gasteiger charge is 2.25. The number of fused-ring (bicyclic) bond motifs is 2. The van der Waals surface area contributed by atoms with E-state index in [1.54, 1.807) is 0 Å². The van der Waals surface area contributed by atoms with Crippen molar-refractivity contribution < 1.29 is 4.79 Å². The summed E-state index contributed by atoms with van der Waals surface area (Å²) >= 11 is 6.25. The van der Waals surface area contributed by atoms with Crippen LogP contribution in [-0.2, 0) is 13.5 Å². The molecular formula is C19H18ClN3O. The summed E-state index contributed by atoms with van der Waals surface area (Å²) in [6.07, 6.45) is 1.79. The number of benzene rings is 2. The average Bonchev–Trinajstić information content (AvgIpc) is 3.10. The fraction of sp³-hybridized carbons (Fsp3) is 0.263. The summed E-state index contributed by atoms with van der Waals surface area (Å²) in [4.78, 5) is 17.2. The number of aryl methyl sites for hydroxylation is 2. The number of imidazole rings is 1. The molecule has 5 heteroatoms. The molecule has 1 unspecified atom stereocenters. The molecule has 0 saturated heterocycles. The second-order valence-electron chi connectivity index (χ2n) is 6.29. The van der Waals surface area contributed by atoms with Crippen molar-refractivity contribution in [3.63, 3.8) is 0 Å². The van der Waals surface area contributed by atoms with E-state index < -0.39 is 0 Å². The van der Waals surface area contributed by atoms with Gasteiger partial charge in [-0.15, -0.1) is 0 Å². The summed E-state index contributed by atoms with van der Waals surface area (Å²) < 4.78 is 2.02. The minimum Gasteiger partial charge on any atom is -0.345 e. The van der Waals surface area contributed by atoms with Crippen molar-refractivity contribution in [1.29, 1.82) is 0 Å². The van der Waals surface area contributed by atoms with E-state index in [0.717, 1.165) is 45.8 Å². The molecule has 1 aromatic heterocycles. The Kier molecular flexibility index (Phi) is 3.57. The Hall–Kier alpha value is -2.33. The van der Waals surface area contributed by atoms with Crippen molar-refractivity contribution in [2.75, 3.05) is 0 Å². The molecule has 4 rings (SSSR count). The van der Waals surface area contributed by atoms with Gasteiger partial charge in [-0.05, 0) is 55.2 Å². The molecule has 1 aliphatic rings. The third kappa shape index (κ3) is 2.38. The van der Waals surface area contributed by atoms with Crippen LogP contribution in [0.2, 0.25) is 5.02 Å². The minimum absolute atomic E-state index is 0.0207. The number of hydrogen-bond acceptors (Lipinski definition) is 2. The van der Waals surface area contributed by atoms with E-state index in [9.17, 15) is 4.79 Å². The van der Waals surface area contributed by atoms with E-state index in [-0.39, 0.29) is 11.9 Å². The molecular weight excluding hydrogens is 322 g/mol. The first kappa shape index (κ1) is 15.2. The summed E-state index contributed by atoms with van der Waals surface area (Å²) in [5.41, 5.74) is 4.79. The van der Waals surface area contributed by atoms with Crippen LogP contribution in [0.15, 0.2) is 36.4 Å². The molecule has 1 aliphatic carbocycles. The summed E-state index contributed by atoms with van der Waals surface area (Å²) in [6, 6.07) is 11.6. The zero-order chi connectivity index (χ0) is 16.8. The first-order valence-electron chi connectivity index (χ1n) is 8.06. The number of nitrogens with one attached hydrogen (secondary N) is 1. The predicted molar refractivity (Wildman–Crippen MR) is 95.4 cm³/mol. The van der Waals surface area contributed by atoms with E-state index in [1.807, 2.05) is 54.9 Å². The average molecular weight is 340 g/mol. The van der Waals surface area contributed by atoms with Gasteiger partial charge in [0.25, 0.3) is 5.91 Å². The molecule has 0 saturated carbocycles. The lowest BCUT2D eigenvalue weighted by Gasteiger charge is -2.14. The SMILES string of the molecule is Cc1nc2cc(C(=O)NC3CCc4c(Cl)cccc43)ccc2n1C. The van der Waals surface area contributed by atoms with Crippen LogP contribution in [0.5, 0.6) is 0 Å². The largest absolute Gasteiger partial charge is 0.345 e. The van der Waals surface area contributed by atoms with Gasteiger partial charge >= 0.3 is 0 Å². The standard InChI is InChI=1S/C19H18ClN3O/c1-11-21-17-10-12(6-9-18(17)23(11)2)19(24)22-16-8-7-13-14(16)4-3-5-15(13)20/h3-6,9-10,16H,7-8H2,1-2H3,(H,22,24). The lowest BCUT2D eigenvalue weighted by atomic mass is 10.1. The fourth-order valence-corrected chi connectivity index (χ4v) is 3.74. The number of rotatable bonds is 2. The fourth-order valence-electron chi connectivity index (χ4n) is 3.46. The van der Waals surface area contributed by atoms with Gasteiger partial charge in [0.15, 0.2) is 0 Å². The van der Waals surface area contributed by atoms with Crippen LogP contribution >= 0.6 is 11.6 Å². The van der Waals surface area contributed by atoms with Gasteiger partial charge in [-0.1, -0.05) is 23.7 Å². The molecule has 122 valence electrons. The normalized spacial score (nSPS) is 16.4. The maximum absolute atomic E-state index is 12.7. The van der Waals surface area contributed by atoms with Crippen LogP contribution in [0.4, 0.5) is 0 Å². The summed E-state index contributed by atoms with van der Waals surface area (Å²) in [7, 11) is 1.98. The number of carbonyl (C=O) groups excluding carboxylic acids is 1. The maximum Gasteiger partial charge on any atom is 0.251 e. The Balaban J connectivity index is 1.61. The Bertz CT molecular complexity index is 961. The third-order valence-corrected chi connectivity index (χ3v) is 5.24. The number of amides is 1. The van der Waals surface area contributed by atoms with Crippen molar-refractivity contribution in [3.05, 3.63) is 63.9 Å². The van der Waals surface area contributed by atoms with Crippen LogP contribution in [0.25, 0.3) is 11.0 Å². The van der Waals surface area contributed by atoms with Crippen molar-refractivity contribution >= 4 is 28.5 Å². The summed E-state index contributed by atoms with van der Waals surface area (Å²) in [5.74, 6) is 0.861. The van der Waals surface area contributed by atoms with Crippen molar-refractivity contribution in [2.45, 2.75) is 25.8 Å². The zero-order valence-electron chi connectivity index (χ0n) is 13.6. The Morgan fingerprint density at radius 1 is 1.33 bits per heavy atom. The molecule has 1 amide bonds. The van der Waals surface area contributed by atoms with Gasteiger partial charge in [-0.3, -0.25) is 4.79 Å². The van der Waals surface area contributed by atoms with Gasteiger partial charge < -0.3 is 9.88 Å². The Labute approximate surface area is 145 Å². The lowest BCUT2D eigenvalue weighted by Crippen LogP contribution is -2.27. The Morgan fingerprint density at radius 3 is 3.00 bits per heavy atom. The van der Waals surface area contributed by atoms with Crippen molar-refractivity contribution in [3.8, 4) is 0 Å². The molecule has 1 heterocycles. The third-order valence-electron chi connectivity index (χ3n) is 4.89. The number of hydrogen-bond donors (Lipinski definition) is 1. The molecule has 1 N–H and O–H groups in total. The van der Waals surface area contributed by atoms with Crippen LogP contribution < -0.4 is 5.32 Å². The molecule has 2 aromatic carbocycles. The molecule has 0 bridgehead atoms. The first-order valence-corrected chi connectivity index (χ1v) is 8.43. The van der Waals surface area contributed by atoms with Crippen molar-refractivity contribution in [2.24, 2.45) is 7.05 Å². The van der Waals surface area contributed by atoms with Gasteiger partial charge in [-0.25, -0.2) is 4.98 Å². The monoisotopic (exact) mass is 339 g/mol. The number of halogens is 1. The van der Waals surface area contributed by atoms with Crippen LogP contribution in [0.3, 0.4) is 0 Å². The minimum atomic E-state index is -0.0713. The van der Waals surface area contributed by atoms with E-state index in [4.69, 9.17) is 11.6 Å². The van der Waals surface area contributed by atoms with E-state index in [0.29, 0.717) is 5.56 Å². The second-order valence-corrected chi connectivity index (χ2v) is 6.70. The molecule has 3 aromatic rings. The van der Waals surface area contributed by atoms with Gasteiger partial charge in [0.2, 0.25) is 0 Å². The van der Waals surface area contributed by atoms with Gasteiger partial charge in [0.05, 0.1) is 17.1 Å². The number of aromatic nitrogens is 2. The topological polar surface area (TPSA) is 46.9 Å². The van der Waals surface area contributed by atoms with Gasteiger partial charge in [0, 0.05) is 17.6 Å². The van der Waals surface area contributed by atoms with Crippen LogP contribution in [-0.4, -0.2) is 15.5 Å². The molecule has 1 atom stereocenters. The first-order chi connectivity index (χ1) is 11.5. The van der Waals surface area contributed by atoms with Crippen molar-refractivity contribution in [1.82, 2.24) is 14.9 Å². The maximum atomic E-state index is 12.7. The molecule has 24 heavy (non-hydrogen) atoms. The second kappa shape index (κ2) is 5.64. The highest BCUT2D eigenvalue weighted by molar-refractivity contribution is 6.31. The lowest BCUT2D eigenvalue weighted by molar-refractivity contribution is 0.0937.